The highest BCUT2D eigenvalue weighted by Gasteiger charge is 2.40. The van der Waals surface area contributed by atoms with Gasteiger partial charge in [0.2, 0.25) is 0 Å². The molecule has 0 radical (unpaired) electrons. The Morgan fingerprint density at radius 2 is 1.96 bits per heavy atom. The molecule has 27 heavy (non-hydrogen) atoms. The number of halogens is 2. The number of hydrogen-bond donors (Lipinski definition) is 0. The number of aryl methyl sites for hydroxylation is 1. The molecule has 4 nitrogen and oxygen atoms in total. The maximum atomic E-state index is 13.3. The number of likely N-dealkylation sites (tertiary alicyclic amines) is 1. The lowest BCUT2D eigenvalue weighted by molar-refractivity contribution is -0.152. The van der Waals surface area contributed by atoms with Crippen molar-refractivity contribution >= 4 is 5.97 Å². The quantitative estimate of drug-likeness (QED) is 0.751. The third kappa shape index (κ3) is 3.54. The Morgan fingerprint density at radius 3 is 2.70 bits per heavy atom. The summed E-state index contributed by atoms with van der Waals surface area (Å²) in [5.41, 5.74) is 3.10. The Morgan fingerprint density at radius 1 is 1.15 bits per heavy atom. The minimum Gasteiger partial charge on any atom is -0.489 e. The number of ether oxygens (including phenoxy) is 2. The zero-order valence-electron chi connectivity index (χ0n) is 15.1. The van der Waals surface area contributed by atoms with E-state index in [1.807, 2.05) is 12.1 Å². The summed E-state index contributed by atoms with van der Waals surface area (Å²) < 4.78 is 36.8. The summed E-state index contributed by atoms with van der Waals surface area (Å²) in [6.07, 6.45) is 1.98. The normalized spacial score (nSPS) is 19.4. The molecule has 0 spiro atoms. The first-order valence-corrected chi connectivity index (χ1v) is 9.06. The molecule has 1 heterocycles. The Kier molecular flexibility index (Phi) is 4.83. The summed E-state index contributed by atoms with van der Waals surface area (Å²) in [4.78, 5) is 13.9. The maximum Gasteiger partial charge on any atom is 0.311 e. The van der Waals surface area contributed by atoms with Crippen molar-refractivity contribution in [3.63, 3.8) is 0 Å². The molecule has 1 unspecified atom stereocenters. The van der Waals surface area contributed by atoms with Crippen molar-refractivity contribution < 1.29 is 23.0 Å². The van der Waals surface area contributed by atoms with Crippen LogP contribution in [0.5, 0.6) is 5.75 Å². The molecule has 2 aromatic rings. The van der Waals surface area contributed by atoms with Crippen molar-refractivity contribution in [2.24, 2.45) is 5.92 Å². The summed E-state index contributed by atoms with van der Waals surface area (Å²) in [5.74, 6) is -1.16. The number of rotatable bonds is 5. The van der Waals surface area contributed by atoms with Crippen molar-refractivity contribution in [2.75, 3.05) is 20.2 Å². The molecule has 1 aliphatic heterocycles. The molecule has 6 heteroatoms. The van der Waals surface area contributed by atoms with E-state index in [9.17, 15) is 13.6 Å². The van der Waals surface area contributed by atoms with Crippen LogP contribution in [-0.4, -0.2) is 31.1 Å². The molecular formula is C21H21F2NO3. The molecule has 0 saturated carbocycles. The van der Waals surface area contributed by atoms with Crippen LogP contribution in [-0.2, 0) is 22.6 Å². The van der Waals surface area contributed by atoms with Crippen LogP contribution in [0.1, 0.15) is 29.2 Å². The van der Waals surface area contributed by atoms with Crippen LogP contribution < -0.4 is 4.74 Å². The average molecular weight is 373 g/mol. The van der Waals surface area contributed by atoms with Crippen molar-refractivity contribution in [3.05, 3.63) is 64.7 Å². The molecule has 1 saturated heterocycles. The van der Waals surface area contributed by atoms with E-state index in [0.29, 0.717) is 11.6 Å². The van der Waals surface area contributed by atoms with E-state index in [4.69, 9.17) is 9.47 Å². The topological polar surface area (TPSA) is 38.8 Å². The first-order chi connectivity index (χ1) is 13.0. The van der Waals surface area contributed by atoms with Gasteiger partial charge in [0.05, 0.1) is 13.0 Å². The highest BCUT2D eigenvalue weighted by atomic mass is 19.2. The maximum absolute atomic E-state index is 13.3. The summed E-state index contributed by atoms with van der Waals surface area (Å²) in [6.45, 7) is 1.67. The number of benzene rings is 2. The molecule has 0 aromatic heterocycles. The number of carbonyl (C=O) groups excluding carboxylic acids is 1. The molecule has 2 aromatic carbocycles. The van der Waals surface area contributed by atoms with Gasteiger partial charge in [-0.15, -0.1) is 0 Å². The summed E-state index contributed by atoms with van der Waals surface area (Å²) in [5, 5.41) is 0. The fraction of sp³-hybridized carbons (Fsp3) is 0.381. The molecule has 4 rings (SSSR count). The molecular weight excluding hydrogens is 352 g/mol. The number of methoxy groups -OCH3 is 1. The Bertz CT molecular complexity index is 865. The molecule has 0 N–H and O–H groups in total. The van der Waals surface area contributed by atoms with E-state index in [2.05, 4.69) is 11.0 Å². The molecule has 1 aliphatic carbocycles. The smallest absolute Gasteiger partial charge is 0.311 e. The van der Waals surface area contributed by atoms with Crippen LogP contribution in [0, 0.1) is 17.6 Å². The summed E-state index contributed by atoms with van der Waals surface area (Å²) in [6, 6.07) is 10.1. The number of esters is 1. The monoisotopic (exact) mass is 373 g/mol. The van der Waals surface area contributed by atoms with Crippen molar-refractivity contribution in [3.8, 4) is 5.75 Å². The second-order valence-electron chi connectivity index (χ2n) is 7.13. The van der Waals surface area contributed by atoms with Crippen LogP contribution in [0.4, 0.5) is 8.78 Å². The molecule has 1 fully saturated rings. The zero-order chi connectivity index (χ0) is 19.0. The first-order valence-electron chi connectivity index (χ1n) is 9.06. The van der Waals surface area contributed by atoms with Gasteiger partial charge < -0.3 is 9.47 Å². The van der Waals surface area contributed by atoms with Crippen LogP contribution in [0.15, 0.2) is 36.4 Å². The Labute approximate surface area is 156 Å². The molecule has 142 valence electrons. The minimum absolute atomic E-state index is 0.0160. The first kappa shape index (κ1) is 17.9. The zero-order valence-corrected chi connectivity index (χ0v) is 15.1. The molecule has 0 bridgehead atoms. The Balaban J connectivity index is 1.38. The largest absolute Gasteiger partial charge is 0.489 e. The fourth-order valence-electron chi connectivity index (χ4n) is 3.92. The predicted molar refractivity (Wildman–Crippen MR) is 95.3 cm³/mol. The number of fused-ring (bicyclic) bond motifs is 1. The second kappa shape index (κ2) is 7.27. The van der Waals surface area contributed by atoms with Gasteiger partial charge in [-0.3, -0.25) is 9.69 Å². The van der Waals surface area contributed by atoms with Gasteiger partial charge in [0, 0.05) is 19.1 Å². The predicted octanol–water partition coefficient (Wildman–Crippen LogP) is 3.64. The summed E-state index contributed by atoms with van der Waals surface area (Å²) >= 11 is 0. The van der Waals surface area contributed by atoms with Crippen molar-refractivity contribution in [1.82, 2.24) is 4.90 Å². The van der Waals surface area contributed by atoms with Gasteiger partial charge in [-0.05, 0) is 53.8 Å². The number of nitrogens with zero attached hydrogens (tertiary/aromatic N) is 1. The lowest BCUT2D eigenvalue weighted by Crippen LogP contribution is -2.51. The second-order valence-corrected chi connectivity index (χ2v) is 7.13. The minimum atomic E-state index is -0.868. The van der Waals surface area contributed by atoms with Crippen LogP contribution >= 0.6 is 0 Å². The van der Waals surface area contributed by atoms with E-state index < -0.39 is 11.6 Å². The third-order valence-electron chi connectivity index (χ3n) is 5.44. The Hall–Kier alpha value is -2.47. The van der Waals surface area contributed by atoms with Gasteiger partial charge in [-0.2, -0.15) is 0 Å². The number of hydrogen-bond acceptors (Lipinski definition) is 4. The highest BCUT2D eigenvalue weighted by Crippen LogP contribution is 2.40. The highest BCUT2D eigenvalue weighted by molar-refractivity contribution is 5.73. The van der Waals surface area contributed by atoms with E-state index in [-0.39, 0.29) is 18.5 Å². The SMILES string of the molecule is COC(=O)C1CN(C2CCc3cc(OCc4ccc(F)c(F)c4)ccc32)C1. The molecule has 0 amide bonds. The van der Waals surface area contributed by atoms with Crippen molar-refractivity contribution in [2.45, 2.75) is 25.5 Å². The third-order valence-corrected chi connectivity index (χ3v) is 5.44. The van der Waals surface area contributed by atoms with E-state index in [1.165, 1.54) is 24.3 Å². The van der Waals surface area contributed by atoms with E-state index in [0.717, 1.165) is 43.8 Å². The molecule has 2 aliphatic rings. The van der Waals surface area contributed by atoms with Crippen LogP contribution in [0.2, 0.25) is 0 Å². The van der Waals surface area contributed by atoms with E-state index >= 15 is 0 Å². The van der Waals surface area contributed by atoms with Gasteiger partial charge >= 0.3 is 5.97 Å². The summed E-state index contributed by atoms with van der Waals surface area (Å²) in [7, 11) is 1.43. The van der Waals surface area contributed by atoms with Crippen LogP contribution in [0.25, 0.3) is 0 Å². The molecule has 1 atom stereocenters. The lowest BCUT2D eigenvalue weighted by Gasteiger charge is -2.41. The van der Waals surface area contributed by atoms with Gasteiger partial charge in [0.1, 0.15) is 12.4 Å². The number of carbonyl (C=O) groups is 1. The van der Waals surface area contributed by atoms with Gasteiger partial charge in [0.25, 0.3) is 0 Å². The van der Waals surface area contributed by atoms with Crippen molar-refractivity contribution in [1.29, 1.82) is 0 Å². The van der Waals surface area contributed by atoms with Gasteiger partial charge in [-0.25, -0.2) is 8.78 Å². The lowest BCUT2D eigenvalue weighted by atomic mass is 9.95. The van der Waals surface area contributed by atoms with Gasteiger partial charge in [0.15, 0.2) is 11.6 Å². The van der Waals surface area contributed by atoms with E-state index in [1.54, 1.807) is 0 Å². The van der Waals surface area contributed by atoms with Gasteiger partial charge in [-0.1, -0.05) is 12.1 Å². The van der Waals surface area contributed by atoms with Crippen LogP contribution in [0.3, 0.4) is 0 Å². The standard InChI is InChI=1S/C21H21F2NO3/c1-26-21(25)15-10-24(11-15)20-7-3-14-9-16(4-5-17(14)20)27-12-13-2-6-18(22)19(23)8-13/h2,4-6,8-9,15,20H,3,7,10-12H2,1H3. The fourth-order valence-corrected chi connectivity index (χ4v) is 3.92. The average Bonchev–Trinajstić information content (AvgIpc) is 3.04.